The molecule has 6 nitrogen and oxygen atoms in total. The summed E-state index contributed by atoms with van der Waals surface area (Å²) in [7, 11) is 0. The van der Waals surface area contributed by atoms with E-state index in [1.165, 1.54) is 0 Å². The van der Waals surface area contributed by atoms with Gasteiger partial charge >= 0.3 is 5.97 Å². The summed E-state index contributed by atoms with van der Waals surface area (Å²) >= 11 is 0. The van der Waals surface area contributed by atoms with Crippen LogP contribution >= 0.6 is 0 Å². The van der Waals surface area contributed by atoms with Crippen molar-refractivity contribution in [2.75, 3.05) is 11.9 Å². The maximum absolute atomic E-state index is 12.2. The van der Waals surface area contributed by atoms with Crippen LogP contribution in [0.15, 0.2) is 18.2 Å². The summed E-state index contributed by atoms with van der Waals surface area (Å²) in [5, 5.41) is 12.5. The summed E-state index contributed by atoms with van der Waals surface area (Å²) in [5.74, 6) is -1.02. The van der Waals surface area contributed by atoms with Crippen molar-refractivity contribution >= 4 is 17.6 Å². The minimum absolute atomic E-state index is 0.258. The van der Waals surface area contributed by atoms with Gasteiger partial charge in [0.25, 0.3) is 5.91 Å². The zero-order chi connectivity index (χ0) is 18.7. The number of aromatic nitrogens is 1. The number of ether oxygens (including phenoxy) is 1. The van der Waals surface area contributed by atoms with Gasteiger partial charge in [-0.3, -0.25) is 4.79 Å². The number of carbonyl (C=O) groups is 2. The number of hydrogen-bond donors (Lipinski definition) is 3. The Bertz CT molecular complexity index is 786. The van der Waals surface area contributed by atoms with Crippen LogP contribution < -0.4 is 5.32 Å². The van der Waals surface area contributed by atoms with E-state index in [0.29, 0.717) is 16.8 Å². The van der Waals surface area contributed by atoms with Gasteiger partial charge < -0.3 is 20.1 Å². The van der Waals surface area contributed by atoms with Crippen molar-refractivity contribution in [3.8, 4) is 0 Å². The van der Waals surface area contributed by atoms with Crippen LogP contribution in [-0.2, 0) is 9.53 Å². The van der Waals surface area contributed by atoms with Gasteiger partial charge in [0, 0.05) is 16.9 Å². The topological polar surface area (TPSA) is 91.4 Å². The molecular formula is C19H24N2O4. The predicted molar refractivity (Wildman–Crippen MR) is 95.7 cm³/mol. The van der Waals surface area contributed by atoms with Crippen molar-refractivity contribution in [3.63, 3.8) is 0 Å². The average Bonchev–Trinajstić information content (AvgIpc) is 2.83. The number of rotatable bonds is 5. The Balaban J connectivity index is 2.03. The summed E-state index contributed by atoms with van der Waals surface area (Å²) in [4.78, 5) is 27.2. The number of hydrogen-bond acceptors (Lipinski definition) is 4. The number of nitrogens with one attached hydrogen (secondary N) is 2. The monoisotopic (exact) mass is 344 g/mol. The van der Waals surface area contributed by atoms with Crippen LogP contribution in [0.5, 0.6) is 0 Å². The van der Waals surface area contributed by atoms with Crippen LogP contribution in [0.25, 0.3) is 0 Å². The molecule has 0 saturated heterocycles. The Morgan fingerprint density at radius 2 is 1.80 bits per heavy atom. The molecule has 0 radical (unpaired) electrons. The third-order valence-electron chi connectivity index (χ3n) is 4.20. The Morgan fingerprint density at radius 1 is 1.20 bits per heavy atom. The van der Waals surface area contributed by atoms with Crippen molar-refractivity contribution in [3.05, 3.63) is 51.8 Å². The first-order valence-electron chi connectivity index (χ1n) is 8.12. The van der Waals surface area contributed by atoms with E-state index in [-0.39, 0.29) is 12.3 Å². The van der Waals surface area contributed by atoms with Gasteiger partial charge in [-0.25, -0.2) is 4.79 Å². The molecule has 1 heterocycles. The molecule has 1 atom stereocenters. The normalized spacial score (nSPS) is 11.9. The molecule has 2 aromatic rings. The molecule has 6 heteroatoms. The van der Waals surface area contributed by atoms with Crippen LogP contribution in [0.3, 0.4) is 0 Å². The number of aromatic amines is 1. The molecule has 0 aliphatic carbocycles. The molecular weight excluding hydrogens is 320 g/mol. The van der Waals surface area contributed by atoms with Crippen LogP contribution in [0, 0.1) is 27.7 Å². The predicted octanol–water partition coefficient (Wildman–Crippen LogP) is 3.10. The number of esters is 1. The van der Waals surface area contributed by atoms with Gasteiger partial charge in [0.1, 0.15) is 5.69 Å². The highest BCUT2D eigenvalue weighted by Crippen LogP contribution is 2.25. The number of H-pyrrole nitrogens is 1. The summed E-state index contributed by atoms with van der Waals surface area (Å²) in [6.45, 7) is 8.57. The fourth-order valence-corrected chi connectivity index (χ4v) is 2.99. The highest BCUT2D eigenvalue weighted by atomic mass is 16.5. The fourth-order valence-electron chi connectivity index (χ4n) is 2.99. The zero-order valence-electron chi connectivity index (χ0n) is 15.2. The van der Waals surface area contributed by atoms with Crippen LogP contribution in [0.2, 0.25) is 0 Å². The number of amides is 1. The second kappa shape index (κ2) is 7.53. The van der Waals surface area contributed by atoms with Gasteiger partial charge in [-0.05, 0) is 51.3 Å². The van der Waals surface area contributed by atoms with Crippen molar-refractivity contribution in [2.24, 2.45) is 0 Å². The summed E-state index contributed by atoms with van der Waals surface area (Å²) < 4.78 is 5.11. The standard InChI is InChI=1S/C19H24N2O4/c1-10-7-6-8-11(2)17(10)21-15(23)9-25-19(24)18-12(3)16(14(5)22)13(4)20-18/h6-8,14,20,22H,9H2,1-5H3,(H,21,23)/t14-/m0/s1. The van der Waals surface area contributed by atoms with Gasteiger partial charge in [-0.15, -0.1) is 0 Å². The lowest BCUT2D eigenvalue weighted by Gasteiger charge is -2.11. The molecule has 0 aliphatic heterocycles. The number of benzene rings is 1. The molecule has 134 valence electrons. The van der Waals surface area contributed by atoms with E-state index in [1.807, 2.05) is 32.0 Å². The molecule has 1 aromatic carbocycles. The highest BCUT2D eigenvalue weighted by Gasteiger charge is 2.21. The SMILES string of the molecule is Cc1cccc(C)c1NC(=O)COC(=O)c1[nH]c(C)c([C@H](C)O)c1C. The van der Waals surface area contributed by atoms with E-state index < -0.39 is 18.0 Å². The fraction of sp³-hybridized carbons (Fsp3) is 0.368. The minimum atomic E-state index is -0.690. The van der Waals surface area contributed by atoms with E-state index in [1.54, 1.807) is 20.8 Å². The van der Waals surface area contributed by atoms with Gasteiger partial charge in [0.2, 0.25) is 0 Å². The van der Waals surface area contributed by atoms with E-state index in [0.717, 1.165) is 16.8 Å². The summed E-state index contributed by atoms with van der Waals surface area (Å²) in [5.41, 5.74) is 4.88. The number of anilines is 1. The quantitative estimate of drug-likeness (QED) is 0.727. The van der Waals surface area contributed by atoms with Crippen LogP contribution in [0.4, 0.5) is 5.69 Å². The molecule has 0 unspecified atom stereocenters. The largest absolute Gasteiger partial charge is 0.451 e. The zero-order valence-corrected chi connectivity index (χ0v) is 15.2. The molecule has 2 rings (SSSR count). The van der Waals surface area contributed by atoms with Gasteiger partial charge in [-0.2, -0.15) is 0 Å². The van der Waals surface area contributed by atoms with E-state index in [4.69, 9.17) is 4.74 Å². The molecule has 0 saturated carbocycles. The smallest absolute Gasteiger partial charge is 0.355 e. The second-order valence-electron chi connectivity index (χ2n) is 6.23. The van der Waals surface area contributed by atoms with Crippen molar-refractivity contribution in [1.29, 1.82) is 0 Å². The third kappa shape index (κ3) is 4.09. The molecule has 3 N–H and O–H groups in total. The summed E-state index contributed by atoms with van der Waals surface area (Å²) in [6, 6.07) is 5.71. The second-order valence-corrected chi connectivity index (χ2v) is 6.23. The molecule has 1 aromatic heterocycles. The Labute approximate surface area is 147 Å². The molecule has 1 amide bonds. The maximum atomic E-state index is 12.2. The minimum Gasteiger partial charge on any atom is -0.451 e. The van der Waals surface area contributed by atoms with Crippen molar-refractivity contribution in [2.45, 2.75) is 40.7 Å². The highest BCUT2D eigenvalue weighted by molar-refractivity contribution is 5.96. The first-order valence-corrected chi connectivity index (χ1v) is 8.12. The number of carbonyl (C=O) groups excluding carboxylic acids is 2. The lowest BCUT2D eigenvalue weighted by Crippen LogP contribution is -2.22. The van der Waals surface area contributed by atoms with Gasteiger partial charge in [0.15, 0.2) is 6.61 Å². The molecule has 25 heavy (non-hydrogen) atoms. The van der Waals surface area contributed by atoms with Gasteiger partial charge in [0.05, 0.1) is 6.10 Å². The van der Waals surface area contributed by atoms with Crippen LogP contribution in [0.1, 0.15) is 51.5 Å². The van der Waals surface area contributed by atoms with Crippen LogP contribution in [-0.4, -0.2) is 28.6 Å². The van der Waals surface area contributed by atoms with Crippen molar-refractivity contribution < 1.29 is 19.4 Å². The van der Waals surface area contributed by atoms with E-state index in [2.05, 4.69) is 10.3 Å². The Kier molecular flexibility index (Phi) is 5.64. The first-order chi connectivity index (χ1) is 11.7. The molecule has 0 spiro atoms. The molecule has 0 fully saturated rings. The van der Waals surface area contributed by atoms with Crippen molar-refractivity contribution in [1.82, 2.24) is 4.98 Å². The molecule has 0 bridgehead atoms. The number of para-hydroxylation sites is 1. The third-order valence-corrected chi connectivity index (χ3v) is 4.20. The average molecular weight is 344 g/mol. The lowest BCUT2D eigenvalue weighted by molar-refractivity contribution is -0.119. The summed E-state index contributed by atoms with van der Waals surface area (Å²) in [6.07, 6.45) is -0.690. The van der Waals surface area contributed by atoms with E-state index >= 15 is 0 Å². The number of aliphatic hydroxyl groups is 1. The maximum Gasteiger partial charge on any atom is 0.355 e. The number of aliphatic hydroxyl groups excluding tert-OH is 1. The lowest BCUT2D eigenvalue weighted by atomic mass is 10.1. The first kappa shape index (κ1) is 18.7. The number of aryl methyl sites for hydroxylation is 3. The Morgan fingerprint density at radius 3 is 2.32 bits per heavy atom. The van der Waals surface area contributed by atoms with E-state index in [9.17, 15) is 14.7 Å². The molecule has 0 aliphatic rings. The Hall–Kier alpha value is -2.60. The van der Waals surface area contributed by atoms with Gasteiger partial charge in [-0.1, -0.05) is 18.2 Å².